The lowest BCUT2D eigenvalue weighted by atomic mass is 10.0. The van der Waals surface area contributed by atoms with Crippen molar-refractivity contribution in [2.75, 3.05) is 50.0 Å². The van der Waals surface area contributed by atoms with Gasteiger partial charge in [0.2, 0.25) is 0 Å². The molecule has 0 bridgehead atoms. The van der Waals surface area contributed by atoms with E-state index in [1.807, 2.05) is 18.2 Å². The third-order valence-electron chi connectivity index (χ3n) is 6.78. The van der Waals surface area contributed by atoms with Gasteiger partial charge in [0.1, 0.15) is 29.1 Å². The maximum atomic E-state index is 11.3. The number of piperidine rings is 2. The second kappa shape index (κ2) is 14.1. The van der Waals surface area contributed by atoms with Gasteiger partial charge in [-0.1, -0.05) is 25.7 Å². The number of anilines is 2. The fraction of sp³-hybridized carbons (Fsp3) is 0.481. The number of carbonyl (C=O) groups is 2. The van der Waals surface area contributed by atoms with Crippen molar-refractivity contribution in [3.8, 4) is 23.0 Å². The molecule has 4 heterocycles. The number of phenolic OH excluding ortho intramolecular Hbond substituents is 1. The van der Waals surface area contributed by atoms with Gasteiger partial charge in [-0.15, -0.1) is 0 Å². The largest absolute Gasteiger partial charge is 0.508 e. The summed E-state index contributed by atoms with van der Waals surface area (Å²) in [6.07, 6.45) is 5.04. The molecule has 2 atom stereocenters. The Kier molecular flexibility index (Phi) is 10.6. The van der Waals surface area contributed by atoms with Gasteiger partial charge in [0, 0.05) is 38.3 Å². The van der Waals surface area contributed by atoms with Gasteiger partial charge in [-0.2, -0.15) is 0 Å². The van der Waals surface area contributed by atoms with Crippen LogP contribution in [0.2, 0.25) is 0 Å². The fourth-order valence-corrected chi connectivity index (χ4v) is 5.02. The van der Waals surface area contributed by atoms with E-state index >= 15 is 0 Å². The van der Waals surface area contributed by atoms with Crippen molar-refractivity contribution in [2.45, 2.75) is 38.7 Å². The average Bonchev–Trinajstić information content (AvgIpc) is 2.92. The second-order valence-electron chi connectivity index (χ2n) is 10.1. The number of hydrogen-bond acceptors (Lipinski definition) is 8. The molecule has 12 heteroatoms. The number of nitrogens with zero attached hydrogens (tertiary/aromatic N) is 2. The van der Waals surface area contributed by atoms with Crippen molar-refractivity contribution >= 4 is 42.0 Å². The fourth-order valence-electron chi connectivity index (χ4n) is 4.42. The Morgan fingerprint density at radius 2 is 1.33 bits per heavy atom. The normalized spacial score (nSPS) is 19.8. The Hall–Kier alpha value is -2.64. The van der Waals surface area contributed by atoms with Crippen LogP contribution in [0.15, 0.2) is 36.4 Å². The molecule has 0 spiro atoms. The van der Waals surface area contributed by atoms with Crippen LogP contribution in [0.1, 0.15) is 32.6 Å². The van der Waals surface area contributed by atoms with Gasteiger partial charge < -0.3 is 30.0 Å². The molecule has 0 saturated carbocycles. The average molecular weight is 577 g/mol. The predicted octanol–water partition coefficient (Wildman–Crippen LogP) is 3.88. The first kappa shape index (κ1) is 29.3. The van der Waals surface area contributed by atoms with Gasteiger partial charge in [0.25, 0.3) is 11.8 Å². The highest BCUT2D eigenvalue weighted by Crippen LogP contribution is 2.33. The third kappa shape index (κ3) is 9.21. The lowest BCUT2D eigenvalue weighted by Crippen LogP contribution is -2.32. The molecule has 2 aromatic rings. The summed E-state index contributed by atoms with van der Waals surface area (Å²) in [4.78, 5) is 22.1. The molecule has 212 valence electrons. The van der Waals surface area contributed by atoms with E-state index in [-0.39, 0.29) is 36.9 Å². The molecule has 4 aliphatic rings. The molecular formula is C27H38N4O6P2. The quantitative estimate of drug-likeness (QED) is 0.462. The minimum atomic E-state index is -0.201. The van der Waals surface area contributed by atoms with E-state index in [0.29, 0.717) is 22.9 Å². The van der Waals surface area contributed by atoms with Crippen molar-refractivity contribution in [3.05, 3.63) is 36.4 Å². The van der Waals surface area contributed by atoms with Gasteiger partial charge in [-0.3, -0.25) is 18.9 Å². The van der Waals surface area contributed by atoms with Crippen LogP contribution in [0.5, 0.6) is 23.0 Å². The number of nitrogens with one attached hydrogen (secondary N) is 2. The molecule has 2 aromatic carbocycles. The molecule has 39 heavy (non-hydrogen) atoms. The topological polar surface area (TPSA) is 113 Å². The number of ether oxygens (including phenoxy) is 3. The molecule has 2 amide bonds. The number of rotatable bonds is 2. The smallest absolute Gasteiger partial charge is 0.262 e. The van der Waals surface area contributed by atoms with Crippen LogP contribution in [0.3, 0.4) is 0 Å². The van der Waals surface area contributed by atoms with Crippen molar-refractivity contribution in [1.82, 2.24) is 9.34 Å². The molecule has 10 nitrogen and oxygen atoms in total. The van der Waals surface area contributed by atoms with Crippen molar-refractivity contribution in [3.63, 3.8) is 0 Å². The second-order valence-corrected chi connectivity index (χ2v) is 11.5. The van der Waals surface area contributed by atoms with Crippen LogP contribution in [0.4, 0.5) is 11.4 Å². The maximum absolute atomic E-state index is 11.3. The molecule has 4 aliphatic heterocycles. The summed E-state index contributed by atoms with van der Waals surface area (Å²) in [6, 6.07) is 10.1. The predicted molar refractivity (Wildman–Crippen MR) is 157 cm³/mol. The van der Waals surface area contributed by atoms with Crippen LogP contribution in [-0.4, -0.2) is 71.8 Å². The first-order valence-corrected chi connectivity index (χ1v) is 14.3. The van der Waals surface area contributed by atoms with Crippen LogP contribution < -0.4 is 24.8 Å². The number of benzene rings is 2. The zero-order valence-corrected chi connectivity index (χ0v) is 24.5. The van der Waals surface area contributed by atoms with E-state index in [9.17, 15) is 9.59 Å². The van der Waals surface area contributed by atoms with Gasteiger partial charge in [-0.05, 0) is 55.9 Å². The standard InChI is InChI=1S/C13H17N2O3P.C8H7NO3.C6H14NP/c16-13-8-17-12-2-1-10(7-11(12)14-13)18-9-3-5-15(19)6-4-9;10-5-1-2-7-6(3-5)9-8(11)4-12-7;1-6-2-4-7(8)5-3-6/h1-2,7,9H,3-6,8,19H2,(H,14,16);1-3,10H,4H2,(H,9,11);6H,2-5,8H2,1H3. The van der Waals surface area contributed by atoms with E-state index in [0.717, 1.165) is 37.6 Å². The minimum Gasteiger partial charge on any atom is -0.508 e. The van der Waals surface area contributed by atoms with Crippen LogP contribution in [0, 0.1) is 5.92 Å². The molecule has 6 rings (SSSR count). The summed E-state index contributed by atoms with van der Waals surface area (Å²) in [5.74, 6) is 2.83. The lowest BCUT2D eigenvalue weighted by molar-refractivity contribution is -0.119. The summed E-state index contributed by atoms with van der Waals surface area (Å²) < 4.78 is 20.9. The number of amides is 2. The number of phenols is 1. The highest BCUT2D eigenvalue weighted by atomic mass is 31.0. The van der Waals surface area contributed by atoms with Crippen LogP contribution in [0.25, 0.3) is 0 Å². The van der Waals surface area contributed by atoms with Crippen molar-refractivity contribution in [2.24, 2.45) is 5.92 Å². The number of carbonyl (C=O) groups excluding carboxylic acids is 2. The van der Waals surface area contributed by atoms with Crippen molar-refractivity contribution < 1.29 is 28.9 Å². The molecule has 2 fully saturated rings. The molecule has 2 unspecified atom stereocenters. The van der Waals surface area contributed by atoms with E-state index in [4.69, 9.17) is 19.3 Å². The summed E-state index contributed by atoms with van der Waals surface area (Å²) in [5, 5.41) is 14.4. The van der Waals surface area contributed by atoms with Gasteiger partial charge >= 0.3 is 0 Å². The van der Waals surface area contributed by atoms with E-state index in [1.54, 1.807) is 6.07 Å². The van der Waals surface area contributed by atoms with Gasteiger partial charge in [0.15, 0.2) is 13.2 Å². The Morgan fingerprint density at radius 3 is 1.90 bits per heavy atom. The summed E-state index contributed by atoms with van der Waals surface area (Å²) in [6.45, 7) is 7.05. The first-order chi connectivity index (χ1) is 18.7. The van der Waals surface area contributed by atoms with E-state index < -0.39 is 0 Å². The SMILES string of the molecule is CC1CCN(P)CC1.O=C1COc2ccc(O)cc2N1.O=C1COc2ccc(OC3CCN(P)CC3)cc2N1. The third-order valence-corrected chi connectivity index (χ3v) is 7.81. The van der Waals surface area contributed by atoms with Crippen molar-refractivity contribution in [1.29, 1.82) is 0 Å². The highest BCUT2D eigenvalue weighted by Gasteiger charge is 2.21. The number of aromatic hydroxyl groups is 1. The molecule has 0 radical (unpaired) electrons. The Bertz CT molecular complexity index is 1130. The Labute approximate surface area is 234 Å². The molecular weight excluding hydrogens is 538 g/mol. The zero-order chi connectivity index (χ0) is 27.8. The van der Waals surface area contributed by atoms with Gasteiger partial charge in [0.05, 0.1) is 11.4 Å². The number of fused-ring (bicyclic) bond motifs is 2. The van der Waals surface area contributed by atoms with Gasteiger partial charge in [-0.25, -0.2) is 0 Å². The maximum Gasteiger partial charge on any atom is 0.262 e. The molecule has 0 aliphatic carbocycles. The summed E-state index contributed by atoms with van der Waals surface area (Å²) in [7, 11) is 5.48. The van der Waals surface area contributed by atoms with Crippen LogP contribution >= 0.6 is 18.8 Å². The highest BCUT2D eigenvalue weighted by molar-refractivity contribution is 7.13. The van der Waals surface area contributed by atoms with Crippen LogP contribution in [-0.2, 0) is 9.59 Å². The minimum absolute atomic E-state index is 0.0395. The van der Waals surface area contributed by atoms with E-state index in [2.05, 4.69) is 45.7 Å². The molecule has 2 saturated heterocycles. The summed E-state index contributed by atoms with van der Waals surface area (Å²) in [5.41, 5.74) is 1.21. The summed E-state index contributed by atoms with van der Waals surface area (Å²) >= 11 is 0. The van der Waals surface area contributed by atoms with E-state index in [1.165, 1.54) is 38.1 Å². The first-order valence-electron chi connectivity index (χ1n) is 13.2. The zero-order valence-electron chi connectivity index (χ0n) is 22.2. The monoisotopic (exact) mass is 576 g/mol. The lowest BCUT2D eigenvalue weighted by Gasteiger charge is -2.29. The molecule has 3 N–H and O–H groups in total. The molecule has 0 aromatic heterocycles. The Morgan fingerprint density at radius 1 is 0.821 bits per heavy atom. The number of hydrogen-bond donors (Lipinski definition) is 3. The Balaban J connectivity index is 0.000000150.